The Kier molecular flexibility index (Phi) is 4.38. The molecule has 1 aromatic heterocycles. The van der Waals surface area contributed by atoms with Crippen LogP contribution in [0.2, 0.25) is 0 Å². The number of hydrogen-bond donors (Lipinski definition) is 1. The molecule has 0 aliphatic rings. The monoisotopic (exact) mass is 324 g/mol. The first-order valence-electron chi connectivity index (χ1n) is 7.14. The molecule has 3 rings (SSSR count). The van der Waals surface area contributed by atoms with Gasteiger partial charge in [-0.3, -0.25) is 4.79 Å². The van der Waals surface area contributed by atoms with Crippen LogP contribution < -0.4 is 14.8 Å². The number of nitrogens with zero attached hydrogens (tertiary/aromatic N) is 1. The molecule has 6 heteroatoms. The van der Waals surface area contributed by atoms with Gasteiger partial charge < -0.3 is 15.3 Å². The molecule has 0 saturated carbocycles. The molecule has 0 aliphatic heterocycles. The summed E-state index contributed by atoms with van der Waals surface area (Å²) in [6.07, 6.45) is 2.51. The first-order chi connectivity index (χ1) is 11.6. The topological polar surface area (TPSA) is 65.3 Å². The average Bonchev–Trinajstić information content (AvgIpc) is 2.57. The number of aromatic nitrogens is 1. The predicted molar refractivity (Wildman–Crippen MR) is 86.3 cm³/mol. The third-order valence-electron chi connectivity index (χ3n) is 3.21. The largest absolute Gasteiger partial charge is 0.619 e. The number of amides is 1. The standard InChI is InChI=1S/C18H13FN2O3/c19-14-2-1-3-17(12-14)24-16-6-4-15(5-7-16)20-18(22)13-8-10-21(23)11-9-13/h1-12H,(H,20,22). The zero-order valence-electron chi connectivity index (χ0n) is 12.5. The Morgan fingerprint density at radius 2 is 1.71 bits per heavy atom. The van der Waals surface area contributed by atoms with Crippen molar-refractivity contribution in [1.29, 1.82) is 0 Å². The highest BCUT2D eigenvalue weighted by atomic mass is 19.1. The number of carbonyl (C=O) groups is 1. The highest BCUT2D eigenvalue weighted by Gasteiger charge is 2.07. The van der Waals surface area contributed by atoms with E-state index in [1.54, 1.807) is 36.4 Å². The summed E-state index contributed by atoms with van der Waals surface area (Å²) < 4.78 is 19.2. The minimum Gasteiger partial charge on any atom is -0.619 e. The molecule has 0 unspecified atom stereocenters. The van der Waals surface area contributed by atoms with E-state index in [4.69, 9.17) is 4.74 Å². The number of rotatable bonds is 4. The fourth-order valence-electron chi connectivity index (χ4n) is 2.04. The smallest absolute Gasteiger partial charge is 0.256 e. The molecular weight excluding hydrogens is 311 g/mol. The summed E-state index contributed by atoms with van der Waals surface area (Å²) in [6, 6.07) is 15.4. The van der Waals surface area contributed by atoms with Crippen LogP contribution in [0.25, 0.3) is 0 Å². The van der Waals surface area contributed by atoms with Crippen molar-refractivity contribution in [2.24, 2.45) is 0 Å². The molecule has 5 nitrogen and oxygen atoms in total. The number of carbonyl (C=O) groups excluding carboxylic acids is 1. The summed E-state index contributed by atoms with van der Waals surface area (Å²) in [5.41, 5.74) is 0.952. The van der Waals surface area contributed by atoms with Crippen molar-refractivity contribution in [1.82, 2.24) is 0 Å². The Labute approximate surface area is 137 Å². The molecule has 0 spiro atoms. The first-order valence-corrected chi connectivity index (χ1v) is 7.14. The predicted octanol–water partition coefficient (Wildman–Crippen LogP) is 3.50. The Balaban J connectivity index is 1.66. The summed E-state index contributed by atoms with van der Waals surface area (Å²) in [4.78, 5) is 12.0. The van der Waals surface area contributed by atoms with Crippen LogP contribution in [-0.2, 0) is 0 Å². The van der Waals surface area contributed by atoms with E-state index in [1.807, 2.05) is 0 Å². The lowest BCUT2D eigenvalue weighted by Crippen LogP contribution is -2.25. The fraction of sp³-hybridized carbons (Fsp3) is 0. The number of anilines is 1. The number of halogens is 1. The van der Waals surface area contributed by atoms with Crippen LogP contribution in [-0.4, -0.2) is 5.91 Å². The van der Waals surface area contributed by atoms with Gasteiger partial charge in [-0.05, 0) is 36.4 Å². The van der Waals surface area contributed by atoms with Gasteiger partial charge in [0.15, 0.2) is 12.4 Å². The van der Waals surface area contributed by atoms with Crippen molar-refractivity contribution >= 4 is 11.6 Å². The van der Waals surface area contributed by atoms with Crippen LogP contribution >= 0.6 is 0 Å². The van der Waals surface area contributed by atoms with E-state index in [2.05, 4.69) is 5.32 Å². The molecule has 1 heterocycles. The SMILES string of the molecule is O=C(Nc1ccc(Oc2cccc(F)c2)cc1)c1cc[n+]([O-])cc1. The van der Waals surface area contributed by atoms with Gasteiger partial charge >= 0.3 is 0 Å². The van der Waals surface area contributed by atoms with Gasteiger partial charge in [0.25, 0.3) is 5.91 Å². The lowest BCUT2D eigenvalue weighted by Gasteiger charge is -2.08. The number of pyridine rings is 1. The van der Waals surface area contributed by atoms with Gasteiger partial charge in [0.05, 0.1) is 5.56 Å². The molecule has 0 radical (unpaired) electrons. The van der Waals surface area contributed by atoms with Gasteiger partial charge in [-0.1, -0.05) is 6.07 Å². The number of ether oxygens (including phenoxy) is 1. The maximum atomic E-state index is 13.1. The van der Waals surface area contributed by atoms with E-state index in [0.717, 1.165) is 0 Å². The van der Waals surface area contributed by atoms with Crippen molar-refractivity contribution in [2.75, 3.05) is 5.32 Å². The minimum atomic E-state index is -0.376. The number of hydrogen-bond acceptors (Lipinski definition) is 3. The van der Waals surface area contributed by atoms with Crippen LogP contribution in [0.1, 0.15) is 10.4 Å². The zero-order valence-corrected chi connectivity index (χ0v) is 12.5. The van der Waals surface area contributed by atoms with E-state index < -0.39 is 0 Å². The van der Waals surface area contributed by atoms with E-state index >= 15 is 0 Å². The second-order valence-corrected chi connectivity index (χ2v) is 4.98. The molecule has 0 saturated heterocycles. The Morgan fingerprint density at radius 3 is 2.38 bits per heavy atom. The van der Waals surface area contributed by atoms with Crippen LogP contribution in [0.5, 0.6) is 11.5 Å². The third-order valence-corrected chi connectivity index (χ3v) is 3.21. The van der Waals surface area contributed by atoms with Crippen molar-refractivity contribution in [3.63, 3.8) is 0 Å². The van der Waals surface area contributed by atoms with E-state index in [9.17, 15) is 14.4 Å². The third kappa shape index (κ3) is 3.86. The van der Waals surface area contributed by atoms with Crippen LogP contribution in [0.15, 0.2) is 73.1 Å². The van der Waals surface area contributed by atoms with Gasteiger partial charge in [0.2, 0.25) is 0 Å². The average molecular weight is 324 g/mol. The van der Waals surface area contributed by atoms with Gasteiger partial charge in [0, 0.05) is 23.9 Å². The Morgan fingerprint density at radius 1 is 1.00 bits per heavy atom. The maximum absolute atomic E-state index is 13.1. The van der Waals surface area contributed by atoms with Crippen LogP contribution in [0, 0.1) is 11.0 Å². The number of benzene rings is 2. The van der Waals surface area contributed by atoms with Crippen molar-refractivity contribution in [2.45, 2.75) is 0 Å². The molecule has 0 aliphatic carbocycles. The van der Waals surface area contributed by atoms with Gasteiger partial charge in [0.1, 0.15) is 17.3 Å². The van der Waals surface area contributed by atoms with Crippen molar-refractivity contribution in [3.8, 4) is 11.5 Å². The minimum absolute atomic E-state index is 0.325. The molecule has 120 valence electrons. The Bertz CT molecular complexity index is 849. The second kappa shape index (κ2) is 6.78. The summed E-state index contributed by atoms with van der Waals surface area (Å²) in [6.45, 7) is 0. The molecule has 1 N–H and O–H groups in total. The van der Waals surface area contributed by atoms with Crippen molar-refractivity contribution < 1.29 is 18.7 Å². The summed E-state index contributed by atoms with van der Waals surface area (Å²) in [5, 5.41) is 13.7. The van der Waals surface area contributed by atoms with E-state index in [-0.39, 0.29) is 11.7 Å². The molecular formula is C18H13FN2O3. The zero-order chi connectivity index (χ0) is 16.9. The highest BCUT2D eigenvalue weighted by molar-refractivity contribution is 6.04. The molecule has 3 aromatic rings. The lowest BCUT2D eigenvalue weighted by molar-refractivity contribution is -0.605. The maximum Gasteiger partial charge on any atom is 0.256 e. The van der Waals surface area contributed by atoms with Gasteiger partial charge in [-0.25, -0.2) is 4.39 Å². The molecule has 24 heavy (non-hydrogen) atoms. The molecule has 1 amide bonds. The summed E-state index contributed by atoms with van der Waals surface area (Å²) in [7, 11) is 0. The number of nitrogens with one attached hydrogen (secondary N) is 1. The van der Waals surface area contributed by atoms with Crippen LogP contribution in [0.4, 0.5) is 10.1 Å². The molecule has 0 atom stereocenters. The van der Waals surface area contributed by atoms with E-state index in [1.165, 1.54) is 36.7 Å². The van der Waals surface area contributed by atoms with E-state index in [0.29, 0.717) is 27.5 Å². The second-order valence-electron chi connectivity index (χ2n) is 4.98. The summed E-state index contributed by atoms with van der Waals surface area (Å²) >= 11 is 0. The fourth-order valence-corrected chi connectivity index (χ4v) is 2.04. The quantitative estimate of drug-likeness (QED) is 0.590. The first kappa shape index (κ1) is 15.5. The lowest BCUT2D eigenvalue weighted by atomic mass is 10.2. The van der Waals surface area contributed by atoms with Gasteiger partial charge in [-0.15, -0.1) is 0 Å². The summed E-state index contributed by atoms with van der Waals surface area (Å²) in [5.74, 6) is 0.209. The van der Waals surface area contributed by atoms with Crippen LogP contribution in [0.3, 0.4) is 0 Å². The van der Waals surface area contributed by atoms with Gasteiger partial charge in [-0.2, -0.15) is 4.73 Å². The normalized spacial score (nSPS) is 10.2. The molecule has 0 fully saturated rings. The van der Waals surface area contributed by atoms with Crippen molar-refractivity contribution in [3.05, 3.63) is 89.6 Å². The molecule has 0 bridgehead atoms. The highest BCUT2D eigenvalue weighted by Crippen LogP contribution is 2.23. The Hall–Kier alpha value is -3.41. The molecule has 2 aromatic carbocycles.